The largest absolute Gasteiger partial charge is 0.363 e. The summed E-state index contributed by atoms with van der Waals surface area (Å²) in [5.74, 6) is 0.545. The van der Waals surface area contributed by atoms with Crippen molar-refractivity contribution >= 4 is 11.5 Å². The van der Waals surface area contributed by atoms with Gasteiger partial charge in [0.15, 0.2) is 5.78 Å². The molecule has 2 nitrogen and oxygen atoms in total. The molecule has 0 saturated carbocycles. The quantitative estimate of drug-likeness (QED) is 0.647. The molecule has 1 unspecified atom stereocenters. The standard InChI is InChI=1S/C11H13NO/c1-9-7-12(8-11(9)13)10-5-3-2-4-6-10/h2-6,9H,7-8H2,1H3. The third-order valence-corrected chi connectivity index (χ3v) is 2.51. The Bertz CT molecular complexity index is 307. The van der Waals surface area contributed by atoms with Gasteiger partial charge in [0, 0.05) is 18.2 Å². The van der Waals surface area contributed by atoms with Crippen LogP contribution in [-0.4, -0.2) is 18.9 Å². The molecule has 68 valence electrons. The fourth-order valence-electron chi connectivity index (χ4n) is 1.68. The Balaban J connectivity index is 2.17. The van der Waals surface area contributed by atoms with Gasteiger partial charge in [-0.25, -0.2) is 0 Å². The van der Waals surface area contributed by atoms with Gasteiger partial charge in [0.1, 0.15) is 0 Å². The van der Waals surface area contributed by atoms with Crippen molar-refractivity contribution in [2.45, 2.75) is 6.92 Å². The van der Waals surface area contributed by atoms with E-state index in [4.69, 9.17) is 0 Å². The van der Waals surface area contributed by atoms with Crippen LogP contribution in [0.5, 0.6) is 0 Å². The second-order valence-electron chi connectivity index (χ2n) is 3.58. The molecular weight excluding hydrogens is 162 g/mol. The highest BCUT2D eigenvalue weighted by atomic mass is 16.1. The minimum atomic E-state index is 0.195. The number of hydrogen-bond acceptors (Lipinski definition) is 2. The van der Waals surface area contributed by atoms with Gasteiger partial charge in [-0.05, 0) is 12.1 Å². The highest BCUT2D eigenvalue weighted by Crippen LogP contribution is 2.20. The van der Waals surface area contributed by atoms with E-state index in [1.165, 1.54) is 0 Å². The highest BCUT2D eigenvalue weighted by molar-refractivity contribution is 5.89. The molecule has 1 aromatic carbocycles. The Morgan fingerprint density at radius 1 is 1.31 bits per heavy atom. The first-order valence-electron chi connectivity index (χ1n) is 4.60. The number of nitrogens with zero attached hydrogens (tertiary/aromatic N) is 1. The Labute approximate surface area is 78.2 Å². The van der Waals surface area contributed by atoms with E-state index in [2.05, 4.69) is 4.90 Å². The minimum Gasteiger partial charge on any atom is -0.363 e. The number of rotatable bonds is 1. The molecule has 1 heterocycles. The summed E-state index contributed by atoms with van der Waals surface area (Å²) >= 11 is 0. The third-order valence-electron chi connectivity index (χ3n) is 2.51. The van der Waals surface area contributed by atoms with E-state index in [0.717, 1.165) is 12.2 Å². The van der Waals surface area contributed by atoms with Gasteiger partial charge in [0.2, 0.25) is 0 Å². The summed E-state index contributed by atoms with van der Waals surface area (Å²) in [5, 5.41) is 0. The number of carbonyl (C=O) groups is 1. The summed E-state index contributed by atoms with van der Waals surface area (Å²) in [7, 11) is 0. The van der Waals surface area contributed by atoms with Crippen molar-refractivity contribution in [3.05, 3.63) is 30.3 Å². The van der Waals surface area contributed by atoms with Gasteiger partial charge in [0.05, 0.1) is 6.54 Å². The molecule has 0 amide bonds. The molecule has 2 heteroatoms. The van der Waals surface area contributed by atoms with E-state index >= 15 is 0 Å². The molecule has 0 bridgehead atoms. The first-order chi connectivity index (χ1) is 6.27. The van der Waals surface area contributed by atoms with Crippen LogP contribution >= 0.6 is 0 Å². The average molecular weight is 175 g/mol. The Hall–Kier alpha value is -1.31. The molecule has 1 saturated heterocycles. The van der Waals surface area contributed by atoms with Gasteiger partial charge in [0.25, 0.3) is 0 Å². The van der Waals surface area contributed by atoms with Gasteiger partial charge >= 0.3 is 0 Å². The van der Waals surface area contributed by atoms with E-state index in [1.807, 2.05) is 37.3 Å². The van der Waals surface area contributed by atoms with Crippen LogP contribution in [0.1, 0.15) is 6.92 Å². The van der Waals surface area contributed by atoms with E-state index < -0.39 is 0 Å². The molecule has 13 heavy (non-hydrogen) atoms. The molecule has 1 atom stereocenters. The minimum absolute atomic E-state index is 0.195. The van der Waals surface area contributed by atoms with E-state index in [-0.39, 0.29) is 5.92 Å². The lowest BCUT2D eigenvalue weighted by atomic mass is 10.1. The summed E-state index contributed by atoms with van der Waals surface area (Å²) in [4.78, 5) is 13.4. The molecule has 0 spiro atoms. The van der Waals surface area contributed by atoms with Crippen LogP contribution < -0.4 is 4.90 Å². The van der Waals surface area contributed by atoms with E-state index in [1.54, 1.807) is 0 Å². The molecule has 0 N–H and O–H groups in total. The summed E-state index contributed by atoms with van der Waals surface area (Å²) < 4.78 is 0. The zero-order valence-electron chi connectivity index (χ0n) is 7.73. The predicted molar refractivity (Wildman–Crippen MR) is 52.8 cm³/mol. The number of ketones is 1. The molecule has 0 aromatic heterocycles. The summed E-state index contributed by atoms with van der Waals surface area (Å²) in [5.41, 5.74) is 1.15. The fourth-order valence-corrected chi connectivity index (χ4v) is 1.68. The third kappa shape index (κ3) is 1.57. The van der Waals surface area contributed by atoms with Crippen molar-refractivity contribution < 1.29 is 4.79 Å². The smallest absolute Gasteiger partial charge is 0.156 e. The maximum atomic E-state index is 11.3. The van der Waals surface area contributed by atoms with Crippen LogP contribution in [0.4, 0.5) is 5.69 Å². The average Bonchev–Trinajstić information content (AvgIpc) is 2.49. The van der Waals surface area contributed by atoms with Crippen LogP contribution in [0.3, 0.4) is 0 Å². The van der Waals surface area contributed by atoms with Crippen molar-refractivity contribution in [3.63, 3.8) is 0 Å². The monoisotopic (exact) mass is 175 g/mol. The summed E-state index contributed by atoms with van der Waals surface area (Å²) in [6.45, 7) is 3.43. The number of anilines is 1. The number of carbonyl (C=O) groups excluding carboxylic acids is 1. The molecule has 1 aliphatic rings. The van der Waals surface area contributed by atoms with E-state index in [9.17, 15) is 4.79 Å². The lowest BCUT2D eigenvalue weighted by Gasteiger charge is -2.16. The summed E-state index contributed by atoms with van der Waals surface area (Å²) in [6.07, 6.45) is 0. The van der Waals surface area contributed by atoms with Gasteiger partial charge < -0.3 is 4.90 Å². The van der Waals surface area contributed by atoms with Crippen molar-refractivity contribution in [1.29, 1.82) is 0 Å². The van der Waals surface area contributed by atoms with Crippen molar-refractivity contribution in [3.8, 4) is 0 Å². The molecule has 0 aliphatic carbocycles. The maximum Gasteiger partial charge on any atom is 0.156 e. The number of benzene rings is 1. The first kappa shape index (κ1) is 8.30. The van der Waals surface area contributed by atoms with Crippen molar-refractivity contribution in [2.24, 2.45) is 5.92 Å². The van der Waals surface area contributed by atoms with Crippen LogP contribution in [0.15, 0.2) is 30.3 Å². The summed E-state index contributed by atoms with van der Waals surface area (Å²) in [6, 6.07) is 10.1. The van der Waals surface area contributed by atoms with Crippen molar-refractivity contribution in [1.82, 2.24) is 0 Å². The van der Waals surface area contributed by atoms with Gasteiger partial charge in [-0.15, -0.1) is 0 Å². The Morgan fingerprint density at radius 3 is 2.54 bits per heavy atom. The molecule has 0 radical (unpaired) electrons. The lowest BCUT2D eigenvalue weighted by molar-refractivity contribution is -0.118. The topological polar surface area (TPSA) is 20.3 Å². The normalized spacial score (nSPS) is 22.4. The molecule has 1 aromatic rings. The molecular formula is C11H13NO. The number of hydrogen-bond donors (Lipinski definition) is 0. The number of Topliss-reactive ketones (excluding diaryl/α,β-unsaturated/α-hetero) is 1. The van der Waals surface area contributed by atoms with Crippen LogP contribution in [-0.2, 0) is 4.79 Å². The van der Waals surface area contributed by atoms with Crippen LogP contribution in [0.25, 0.3) is 0 Å². The molecule has 1 aliphatic heterocycles. The zero-order valence-corrected chi connectivity index (χ0v) is 7.73. The van der Waals surface area contributed by atoms with Crippen LogP contribution in [0, 0.1) is 5.92 Å². The van der Waals surface area contributed by atoms with Crippen molar-refractivity contribution in [2.75, 3.05) is 18.0 Å². The van der Waals surface area contributed by atoms with Gasteiger partial charge in [-0.1, -0.05) is 25.1 Å². The molecule has 2 rings (SSSR count). The fraction of sp³-hybridized carbons (Fsp3) is 0.364. The first-order valence-corrected chi connectivity index (χ1v) is 4.60. The Morgan fingerprint density at radius 2 is 2.00 bits per heavy atom. The highest BCUT2D eigenvalue weighted by Gasteiger charge is 2.26. The second kappa shape index (κ2) is 3.21. The lowest BCUT2D eigenvalue weighted by Crippen LogP contribution is -2.19. The van der Waals surface area contributed by atoms with Gasteiger partial charge in [-0.3, -0.25) is 4.79 Å². The molecule has 1 fully saturated rings. The maximum absolute atomic E-state index is 11.3. The Kier molecular flexibility index (Phi) is 2.05. The second-order valence-corrected chi connectivity index (χ2v) is 3.58. The van der Waals surface area contributed by atoms with Gasteiger partial charge in [-0.2, -0.15) is 0 Å². The zero-order chi connectivity index (χ0) is 9.26. The van der Waals surface area contributed by atoms with E-state index in [0.29, 0.717) is 12.3 Å². The predicted octanol–water partition coefficient (Wildman–Crippen LogP) is 1.71. The number of para-hydroxylation sites is 1. The van der Waals surface area contributed by atoms with Crippen LogP contribution in [0.2, 0.25) is 0 Å². The SMILES string of the molecule is CC1CN(c2ccccc2)CC1=O.